The number of carbonyl (C=O) groups is 3. The van der Waals surface area contributed by atoms with Gasteiger partial charge < -0.3 is 19.3 Å². The van der Waals surface area contributed by atoms with E-state index in [1.54, 1.807) is 0 Å². The zero-order valence-corrected chi connectivity index (χ0v) is 36.7. The molecular weight excluding hydrogens is 689 g/mol. The van der Waals surface area contributed by atoms with Crippen LogP contribution in [0.5, 0.6) is 0 Å². The van der Waals surface area contributed by atoms with Crippen molar-refractivity contribution in [3.63, 3.8) is 0 Å². The van der Waals surface area contributed by atoms with E-state index in [1.165, 1.54) is 154 Å². The Balaban J connectivity index is 4.18. The van der Waals surface area contributed by atoms with E-state index >= 15 is 0 Å². The topological polar surface area (TPSA) is 99.1 Å². The van der Waals surface area contributed by atoms with Crippen molar-refractivity contribution in [2.45, 2.75) is 270 Å². The molecule has 0 saturated heterocycles. The smallest absolute Gasteiger partial charge is 0.306 e. The van der Waals surface area contributed by atoms with Crippen LogP contribution >= 0.6 is 0 Å². The Bertz CT molecular complexity index is 766. The van der Waals surface area contributed by atoms with Crippen LogP contribution in [0.3, 0.4) is 0 Å². The summed E-state index contributed by atoms with van der Waals surface area (Å²) in [5.41, 5.74) is 0. The standard InChI is InChI=1S/C48H92O7/c1-3-5-7-9-11-13-15-17-19-21-23-25-27-31-35-39-46(50)53-43-45(55-48(52)41-37-33-29-30-34-38-42-49)44-54-47(51)40-36-32-28-26-24-22-20-18-16-14-12-10-8-6-4-2/h45,49H,3-44H2,1-2H3. The maximum Gasteiger partial charge on any atom is 0.306 e. The van der Waals surface area contributed by atoms with Crippen molar-refractivity contribution in [3.05, 3.63) is 0 Å². The zero-order chi connectivity index (χ0) is 40.1. The fraction of sp³-hybridized carbons (Fsp3) is 0.938. The summed E-state index contributed by atoms with van der Waals surface area (Å²) in [4.78, 5) is 37.6. The lowest BCUT2D eigenvalue weighted by molar-refractivity contribution is -0.167. The van der Waals surface area contributed by atoms with Crippen molar-refractivity contribution in [1.82, 2.24) is 0 Å². The van der Waals surface area contributed by atoms with Crippen molar-refractivity contribution in [2.24, 2.45) is 0 Å². The van der Waals surface area contributed by atoms with Gasteiger partial charge in [0, 0.05) is 25.9 Å². The molecule has 0 radical (unpaired) electrons. The number of rotatable bonds is 45. The Kier molecular flexibility index (Phi) is 43.7. The molecule has 0 saturated carbocycles. The molecular formula is C48H92O7. The fourth-order valence-corrected chi connectivity index (χ4v) is 7.25. The number of esters is 3. The molecule has 55 heavy (non-hydrogen) atoms. The first-order valence-corrected chi connectivity index (χ1v) is 24.1. The van der Waals surface area contributed by atoms with Crippen LogP contribution < -0.4 is 0 Å². The van der Waals surface area contributed by atoms with E-state index in [2.05, 4.69) is 13.8 Å². The quantitative estimate of drug-likeness (QED) is 0.0373. The molecule has 0 fully saturated rings. The van der Waals surface area contributed by atoms with Gasteiger partial charge in [-0.15, -0.1) is 0 Å². The maximum absolute atomic E-state index is 12.6. The lowest BCUT2D eigenvalue weighted by Crippen LogP contribution is -2.30. The van der Waals surface area contributed by atoms with E-state index in [0.717, 1.165) is 77.0 Å². The van der Waals surface area contributed by atoms with Gasteiger partial charge in [0.2, 0.25) is 0 Å². The van der Waals surface area contributed by atoms with Crippen molar-refractivity contribution >= 4 is 17.9 Å². The number of unbranched alkanes of at least 4 members (excludes halogenated alkanes) is 33. The average molecular weight is 781 g/mol. The van der Waals surface area contributed by atoms with E-state index in [-0.39, 0.29) is 44.1 Å². The van der Waals surface area contributed by atoms with Gasteiger partial charge in [0.1, 0.15) is 13.2 Å². The number of hydrogen-bond acceptors (Lipinski definition) is 7. The van der Waals surface area contributed by atoms with Crippen LogP contribution in [0.15, 0.2) is 0 Å². The van der Waals surface area contributed by atoms with Crippen LogP contribution in [-0.2, 0) is 28.6 Å². The SMILES string of the molecule is CCCCCCCCCCCCCCCCCC(=O)OCC(COC(=O)CCCCCCCCCCCCCCCCC)OC(=O)CCCCCCCCO. The Hall–Kier alpha value is -1.63. The second-order valence-corrected chi connectivity index (χ2v) is 16.5. The lowest BCUT2D eigenvalue weighted by atomic mass is 10.0. The summed E-state index contributed by atoms with van der Waals surface area (Å²) in [6.45, 7) is 4.59. The zero-order valence-electron chi connectivity index (χ0n) is 36.7. The Morgan fingerprint density at radius 1 is 0.345 bits per heavy atom. The minimum Gasteiger partial charge on any atom is -0.462 e. The highest BCUT2D eigenvalue weighted by Gasteiger charge is 2.19. The summed E-state index contributed by atoms with van der Waals surface area (Å²) < 4.78 is 16.6. The van der Waals surface area contributed by atoms with Gasteiger partial charge >= 0.3 is 17.9 Å². The second kappa shape index (κ2) is 45.1. The van der Waals surface area contributed by atoms with Crippen LogP contribution in [0.4, 0.5) is 0 Å². The number of aliphatic hydroxyl groups is 1. The lowest BCUT2D eigenvalue weighted by Gasteiger charge is -2.18. The monoisotopic (exact) mass is 781 g/mol. The molecule has 0 unspecified atom stereocenters. The maximum atomic E-state index is 12.6. The van der Waals surface area contributed by atoms with Gasteiger partial charge in [-0.1, -0.05) is 219 Å². The molecule has 0 heterocycles. The van der Waals surface area contributed by atoms with E-state index < -0.39 is 6.10 Å². The third kappa shape index (κ3) is 43.3. The van der Waals surface area contributed by atoms with Crippen molar-refractivity contribution in [2.75, 3.05) is 19.8 Å². The molecule has 0 aromatic heterocycles. The van der Waals surface area contributed by atoms with Crippen LogP contribution in [0.2, 0.25) is 0 Å². The van der Waals surface area contributed by atoms with Gasteiger partial charge in [-0.05, 0) is 25.7 Å². The molecule has 326 valence electrons. The predicted molar refractivity (Wildman–Crippen MR) is 230 cm³/mol. The molecule has 0 aromatic carbocycles. The van der Waals surface area contributed by atoms with Gasteiger partial charge in [0.25, 0.3) is 0 Å². The molecule has 7 nitrogen and oxygen atoms in total. The number of hydrogen-bond donors (Lipinski definition) is 1. The number of aliphatic hydroxyl groups excluding tert-OH is 1. The van der Waals surface area contributed by atoms with Gasteiger partial charge in [-0.3, -0.25) is 14.4 Å². The number of carbonyl (C=O) groups excluding carboxylic acids is 3. The highest BCUT2D eigenvalue weighted by molar-refractivity contribution is 5.71. The average Bonchev–Trinajstić information content (AvgIpc) is 3.18. The molecule has 0 rings (SSSR count). The molecule has 0 atom stereocenters. The third-order valence-corrected chi connectivity index (χ3v) is 10.9. The van der Waals surface area contributed by atoms with Gasteiger partial charge in [0.15, 0.2) is 6.10 Å². The molecule has 7 heteroatoms. The second-order valence-electron chi connectivity index (χ2n) is 16.5. The summed E-state index contributed by atoms with van der Waals surface area (Å²) in [5, 5.41) is 8.93. The minimum atomic E-state index is -0.785. The molecule has 0 aliphatic heterocycles. The summed E-state index contributed by atoms with van der Waals surface area (Å²) in [7, 11) is 0. The third-order valence-electron chi connectivity index (χ3n) is 10.9. The van der Waals surface area contributed by atoms with E-state index in [1.807, 2.05) is 0 Å². The Labute approximate surface area is 341 Å². The van der Waals surface area contributed by atoms with E-state index in [9.17, 15) is 14.4 Å². The Morgan fingerprint density at radius 2 is 0.582 bits per heavy atom. The summed E-state index contributed by atoms with van der Waals surface area (Å²) in [6, 6.07) is 0. The first kappa shape index (κ1) is 53.4. The summed E-state index contributed by atoms with van der Waals surface area (Å²) in [5.74, 6) is -0.928. The first-order valence-electron chi connectivity index (χ1n) is 24.1. The molecule has 0 amide bonds. The highest BCUT2D eigenvalue weighted by Crippen LogP contribution is 2.16. The molecule has 0 spiro atoms. The highest BCUT2D eigenvalue weighted by atomic mass is 16.6. The molecule has 0 bridgehead atoms. The van der Waals surface area contributed by atoms with Crippen molar-refractivity contribution < 1.29 is 33.7 Å². The molecule has 0 aliphatic carbocycles. The molecule has 1 N–H and O–H groups in total. The van der Waals surface area contributed by atoms with E-state index in [4.69, 9.17) is 19.3 Å². The first-order chi connectivity index (χ1) is 27.0. The van der Waals surface area contributed by atoms with Gasteiger partial charge in [-0.25, -0.2) is 0 Å². The van der Waals surface area contributed by atoms with Crippen molar-refractivity contribution in [3.8, 4) is 0 Å². The fourth-order valence-electron chi connectivity index (χ4n) is 7.25. The molecule has 0 aliphatic rings. The summed E-state index contributed by atoms with van der Waals surface area (Å²) >= 11 is 0. The normalized spacial score (nSPS) is 11.3. The molecule has 0 aromatic rings. The van der Waals surface area contributed by atoms with Crippen LogP contribution in [-0.4, -0.2) is 48.9 Å². The van der Waals surface area contributed by atoms with Gasteiger partial charge in [-0.2, -0.15) is 0 Å². The van der Waals surface area contributed by atoms with E-state index in [0.29, 0.717) is 12.8 Å². The van der Waals surface area contributed by atoms with Crippen LogP contribution in [0.1, 0.15) is 264 Å². The predicted octanol–water partition coefficient (Wildman–Crippen LogP) is 14.2. The summed E-state index contributed by atoms with van der Waals surface area (Å²) in [6.07, 6.45) is 44.0. The van der Waals surface area contributed by atoms with Crippen molar-refractivity contribution in [1.29, 1.82) is 0 Å². The van der Waals surface area contributed by atoms with Crippen LogP contribution in [0.25, 0.3) is 0 Å². The Morgan fingerprint density at radius 3 is 0.855 bits per heavy atom. The largest absolute Gasteiger partial charge is 0.462 e. The van der Waals surface area contributed by atoms with Crippen LogP contribution in [0, 0.1) is 0 Å². The minimum absolute atomic E-state index is 0.0866. The van der Waals surface area contributed by atoms with Gasteiger partial charge in [0.05, 0.1) is 0 Å². The number of ether oxygens (including phenoxy) is 3.